The molecule has 0 spiro atoms. The average Bonchev–Trinajstić information content (AvgIpc) is 2.61. The summed E-state index contributed by atoms with van der Waals surface area (Å²) in [5.74, 6) is -0.0420. The van der Waals surface area contributed by atoms with E-state index in [1.54, 1.807) is 37.3 Å². The zero-order chi connectivity index (χ0) is 19.1. The number of anilines is 1. The van der Waals surface area contributed by atoms with E-state index >= 15 is 0 Å². The Hall–Kier alpha value is -2.07. The molecule has 0 heterocycles. The van der Waals surface area contributed by atoms with Crippen LogP contribution >= 0.6 is 35.6 Å². The number of nitrogens with two attached hydrogens (primary N) is 1. The maximum atomic E-state index is 13.5. The summed E-state index contributed by atoms with van der Waals surface area (Å²) >= 11 is 6.03. The van der Waals surface area contributed by atoms with Crippen molar-refractivity contribution >= 4 is 53.1 Å². The molecule has 27 heavy (non-hydrogen) atoms. The molecule has 0 atom stereocenters. The van der Waals surface area contributed by atoms with Gasteiger partial charge in [0, 0.05) is 17.8 Å². The van der Waals surface area contributed by atoms with Gasteiger partial charge in [0.15, 0.2) is 5.96 Å². The molecule has 2 rings (SSSR count). The van der Waals surface area contributed by atoms with Gasteiger partial charge >= 0.3 is 0 Å². The van der Waals surface area contributed by atoms with Crippen LogP contribution in [0.25, 0.3) is 0 Å². The van der Waals surface area contributed by atoms with Gasteiger partial charge in [-0.2, -0.15) is 0 Å². The number of rotatable bonds is 6. The highest BCUT2D eigenvalue weighted by molar-refractivity contribution is 14.0. The van der Waals surface area contributed by atoms with Crippen molar-refractivity contribution in [3.8, 4) is 5.75 Å². The summed E-state index contributed by atoms with van der Waals surface area (Å²) < 4.78 is 18.5. The standard InChI is InChI=1S/C18H20ClFN4O2.HI/c1-11-3-4-12(9-15(11)20)17(25)22-7-8-23-18(21)24-13-5-6-16(26-2)14(19)10-13;/h3-6,9-10H,7-8H2,1-2H3,(H,22,25)(H3,21,23,24);1H. The highest BCUT2D eigenvalue weighted by atomic mass is 127. The second kappa shape index (κ2) is 10.9. The van der Waals surface area contributed by atoms with Crippen LogP contribution in [0.3, 0.4) is 0 Å². The van der Waals surface area contributed by atoms with Gasteiger partial charge in [0.1, 0.15) is 11.6 Å². The van der Waals surface area contributed by atoms with Gasteiger partial charge in [-0.3, -0.25) is 9.79 Å². The number of amides is 1. The van der Waals surface area contributed by atoms with Gasteiger partial charge in [-0.1, -0.05) is 17.7 Å². The number of aryl methyl sites for hydroxylation is 1. The largest absolute Gasteiger partial charge is 0.495 e. The first kappa shape index (κ1) is 23.0. The molecule has 0 aromatic heterocycles. The van der Waals surface area contributed by atoms with Crippen molar-refractivity contribution in [2.75, 3.05) is 25.5 Å². The summed E-state index contributed by atoms with van der Waals surface area (Å²) in [6, 6.07) is 9.46. The lowest BCUT2D eigenvalue weighted by Crippen LogP contribution is -2.28. The lowest BCUT2D eigenvalue weighted by molar-refractivity contribution is 0.0954. The van der Waals surface area contributed by atoms with Crippen molar-refractivity contribution in [1.29, 1.82) is 0 Å². The van der Waals surface area contributed by atoms with Crippen molar-refractivity contribution in [1.82, 2.24) is 5.32 Å². The van der Waals surface area contributed by atoms with Crippen molar-refractivity contribution in [3.05, 3.63) is 58.4 Å². The minimum absolute atomic E-state index is 0. The SMILES string of the molecule is COc1ccc(NC(N)=NCCNC(=O)c2ccc(C)c(F)c2)cc1Cl.I. The van der Waals surface area contributed by atoms with Gasteiger partial charge in [-0.25, -0.2) is 4.39 Å². The number of carbonyl (C=O) groups is 1. The van der Waals surface area contributed by atoms with E-state index in [1.807, 2.05) is 0 Å². The number of aliphatic imine (C=N–C) groups is 1. The van der Waals surface area contributed by atoms with E-state index in [0.29, 0.717) is 22.0 Å². The van der Waals surface area contributed by atoms with Crippen LogP contribution in [0.5, 0.6) is 5.75 Å². The first-order valence-electron chi connectivity index (χ1n) is 7.85. The van der Waals surface area contributed by atoms with Crippen molar-refractivity contribution in [2.45, 2.75) is 6.92 Å². The molecule has 2 aromatic rings. The summed E-state index contributed by atoms with van der Waals surface area (Å²) in [7, 11) is 1.53. The maximum absolute atomic E-state index is 13.5. The third kappa shape index (κ3) is 6.87. The molecule has 0 aliphatic carbocycles. The predicted octanol–water partition coefficient (Wildman–Crippen LogP) is 3.57. The molecule has 9 heteroatoms. The topological polar surface area (TPSA) is 88.7 Å². The maximum Gasteiger partial charge on any atom is 0.251 e. The van der Waals surface area contributed by atoms with E-state index in [4.69, 9.17) is 22.1 Å². The molecular weight excluding hydrogens is 486 g/mol. The Labute approximate surface area is 179 Å². The van der Waals surface area contributed by atoms with E-state index in [2.05, 4.69) is 15.6 Å². The van der Waals surface area contributed by atoms with Crippen LogP contribution in [0.1, 0.15) is 15.9 Å². The third-order valence-electron chi connectivity index (χ3n) is 3.54. The third-order valence-corrected chi connectivity index (χ3v) is 3.83. The number of ether oxygens (including phenoxy) is 1. The molecule has 4 N–H and O–H groups in total. The van der Waals surface area contributed by atoms with Crippen molar-refractivity contribution in [3.63, 3.8) is 0 Å². The number of guanidine groups is 1. The summed E-state index contributed by atoms with van der Waals surface area (Å²) in [4.78, 5) is 16.1. The Morgan fingerprint density at radius 1 is 1.30 bits per heavy atom. The van der Waals surface area contributed by atoms with Gasteiger partial charge in [0.2, 0.25) is 0 Å². The molecule has 0 bridgehead atoms. The molecule has 0 unspecified atom stereocenters. The van der Waals surface area contributed by atoms with Gasteiger partial charge in [0.05, 0.1) is 18.7 Å². The normalized spacial score (nSPS) is 10.7. The van der Waals surface area contributed by atoms with Crippen LogP contribution in [0, 0.1) is 12.7 Å². The van der Waals surface area contributed by atoms with E-state index in [9.17, 15) is 9.18 Å². The van der Waals surface area contributed by atoms with Gasteiger partial charge in [0.25, 0.3) is 5.91 Å². The summed E-state index contributed by atoms with van der Waals surface area (Å²) in [6.07, 6.45) is 0. The van der Waals surface area contributed by atoms with Crippen LogP contribution in [-0.2, 0) is 0 Å². The monoisotopic (exact) mass is 506 g/mol. The highest BCUT2D eigenvalue weighted by Crippen LogP contribution is 2.26. The number of nitrogens with zero attached hydrogens (tertiary/aromatic N) is 1. The van der Waals surface area contributed by atoms with E-state index in [1.165, 1.54) is 13.2 Å². The second-order valence-corrected chi connectivity index (χ2v) is 5.87. The zero-order valence-corrected chi connectivity index (χ0v) is 18.0. The van der Waals surface area contributed by atoms with Gasteiger partial charge < -0.3 is 21.1 Å². The van der Waals surface area contributed by atoms with Crippen LogP contribution in [0.15, 0.2) is 41.4 Å². The van der Waals surface area contributed by atoms with E-state index in [-0.39, 0.29) is 54.5 Å². The molecule has 0 radical (unpaired) electrons. The summed E-state index contributed by atoms with van der Waals surface area (Å²) in [5, 5.41) is 6.00. The Balaban J connectivity index is 0.00000364. The fraction of sp³-hybridized carbons (Fsp3) is 0.222. The Kier molecular flexibility index (Phi) is 9.30. The number of methoxy groups -OCH3 is 1. The number of hydrogen-bond acceptors (Lipinski definition) is 3. The number of benzene rings is 2. The lowest BCUT2D eigenvalue weighted by atomic mass is 10.1. The van der Waals surface area contributed by atoms with Crippen LogP contribution in [0.2, 0.25) is 5.02 Å². The van der Waals surface area contributed by atoms with E-state index in [0.717, 1.165) is 0 Å². The first-order chi connectivity index (χ1) is 12.4. The number of hydrogen-bond donors (Lipinski definition) is 3. The molecule has 1 amide bonds. The quantitative estimate of drug-likeness (QED) is 0.242. The van der Waals surface area contributed by atoms with Crippen molar-refractivity contribution < 1.29 is 13.9 Å². The molecule has 0 saturated heterocycles. The highest BCUT2D eigenvalue weighted by Gasteiger charge is 2.07. The summed E-state index contributed by atoms with van der Waals surface area (Å²) in [5.41, 5.74) is 7.21. The molecule has 2 aromatic carbocycles. The van der Waals surface area contributed by atoms with Crippen molar-refractivity contribution in [2.24, 2.45) is 10.7 Å². The molecule has 146 valence electrons. The molecular formula is C18H21ClFIN4O2. The smallest absolute Gasteiger partial charge is 0.251 e. The van der Waals surface area contributed by atoms with Crippen LogP contribution < -0.4 is 21.1 Å². The molecule has 0 saturated carbocycles. The number of halogens is 3. The van der Waals surface area contributed by atoms with E-state index < -0.39 is 5.82 Å². The fourth-order valence-electron chi connectivity index (χ4n) is 2.11. The minimum atomic E-state index is -0.415. The lowest BCUT2D eigenvalue weighted by Gasteiger charge is -2.09. The zero-order valence-electron chi connectivity index (χ0n) is 14.9. The molecule has 0 aliphatic rings. The minimum Gasteiger partial charge on any atom is -0.495 e. The molecule has 6 nitrogen and oxygen atoms in total. The molecule has 0 aliphatic heterocycles. The fourth-order valence-corrected chi connectivity index (χ4v) is 2.37. The Morgan fingerprint density at radius 2 is 2.04 bits per heavy atom. The summed E-state index contributed by atoms with van der Waals surface area (Å²) in [6.45, 7) is 2.17. The second-order valence-electron chi connectivity index (χ2n) is 5.46. The first-order valence-corrected chi connectivity index (χ1v) is 8.23. The number of nitrogens with one attached hydrogen (secondary N) is 2. The van der Waals surface area contributed by atoms with Crippen LogP contribution in [0.4, 0.5) is 10.1 Å². The molecule has 0 fully saturated rings. The Morgan fingerprint density at radius 3 is 2.67 bits per heavy atom. The Bertz CT molecular complexity index is 833. The van der Waals surface area contributed by atoms with Gasteiger partial charge in [-0.05, 0) is 42.8 Å². The average molecular weight is 507 g/mol. The van der Waals surface area contributed by atoms with Gasteiger partial charge in [-0.15, -0.1) is 24.0 Å². The number of carbonyl (C=O) groups excluding carboxylic acids is 1. The van der Waals surface area contributed by atoms with Crippen LogP contribution in [-0.4, -0.2) is 32.1 Å². The predicted molar refractivity (Wildman–Crippen MR) is 117 cm³/mol.